The highest BCUT2D eigenvalue weighted by Crippen LogP contribution is 2.19. The quantitative estimate of drug-likeness (QED) is 0.202. The van der Waals surface area contributed by atoms with E-state index in [0.717, 1.165) is 10.4 Å². The van der Waals surface area contributed by atoms with Gasteiger partial charge in [0.05, 0.1) is 13.7 Å². The molecule has 0 bridgehead atoms. The second-order valence-corrected chi connectivity index (χ2v) is 12.1. The molecule has 0 saturated heterocycles. The summed E-state index contributed by atoms with van der Waals surface area (Å²) in [5.74, 6) is 0.491. The minimum Gasteiger partial charge on any atom is -0.497 e. The van der Waals surface area contributed by atoms with E-state index in [1.165, 1.54) is 4.90 Å². The predicted molar refractivity (Wildman–Crippen MR) is 164 cm³/mol. The van der Waals surface area contributed by atoms with E-state index in [2.05, 4.69) is 5.32 Å². The number of carboxylic acid groups (broad SMARTS) is 1. The van der Waals surface area contributed by atoms with Crippen LogP contribution in [0.15, 0.2) is 72.1 Å². The maximum Gasteiger partial charge on any atom is 0.407 e. The van der Waals surface area contributed by atoms with Crippen LogP contribution in [0.4, 0.5) is 9.59 Å². The van der Waals surface area contributed by atoms with Crippen molar-refractivity contribution in [3.8, 4) is 5.75 Å². The number of carbonyl (C=O) groups excluding carboxylic acids is 2. The summed E-state index contributed by atoms with van der Waals surface area (Å²) in [6, 6.07) is 19.9. The Bertz CT molecular complexity index is 1260. The summed E-state index contributed by atoms with van der Waals surface area (Å²) >= 11 is 1.56. The average molecular weight is 596 g/mol. The number of alkyl carbamates (subject to hydrolysis) is 1. The van der Waals surface area contributed by atoms with Gasteiger partial charge in [-0.25, -0.2) is 9.59 Å². The zero-order chi connectivity index (χ0) is 30.5. The molecule has 1 unspecified atom stereocenters. The first kappa shape index (κ1) is 32.5. The maximum absolute atomic E-state index is 13.7. The summed E-state index contributed by atoms with van der Waals surface area (Å²) in [4.78, 5) is 42.4. The molecule has 9 nitrogen and oxygen atoms in total. The molecule has 10 heteroatoms. The van der Waals surface area contributed by atoms with E-state index in [-0.39, 0.29) is 12.5 Å². The van der Waals surface area contributed by atoms with Crippen LogP contribution < -0.4 is 10.1 Å². The number of amides is 3. The molecule has 0 aliphatic rings. The third kappa shape index (κ3) is 11.1. The van der Waals surface area contributed by atoms with Gasteiger partial charge in [-0.2, -0.15) is 0 Å². The van der Waals surface area contributed by atoms with Gasteiger partial charge in [0.25, 0.3) is 5.91 Å². The van der Waals surface area contributed by atoms with Crippen LogP contribution in [-0.4, -0.2) is 64.8 Å². The summed E-state index contributed by atoms with van der Waals surface area (Å²) in [5.41, 5.74) is 0.760. The molecule has 2 N–H and O–H groups in total. The number of methoxy groups -OCH3 is 1. The average Bonchev–Trinajstić information content (AvgIpc) is 3.46. The number of hydrogen-bond donors (Lipinski definition) is 2. The lowest BCUT2D eigenvalue weighted by molar-refractivity contribution is 0.0472. The largest absolute Gasteiger partial charge is 0.497 e. The molecule has 1 atom stereocenters. The third-order valence-electron chi connectivity index (χ3n) is 6.43. The fourth-order valence-corrected chi connectivity index (χ4v) is 5.13. The normalized spacial score (nSPS) is 11.8. The van der Waals surface area contributed by atoms with Gasteiger partial charge < -0.3 is 29.7 Å². The topological polar surface area (TPSA) is 108 Å². The van der Waals surface area contributed by atoms with Crippen molar-refractivity contribution >= 4 is 29.4 Å². The molecule has 3 aromatic rings. The Balaban J connectivity index is 1.72. The molecule has 0 saturated carbocycles. The number of nitrogens with one attached hydrogen (secondary N) is 1. The van der Waals surface area contributed by atoms with Gasteiger partial charge in [-0.05, 0) is 81.3 Å². The van der Waals surface area contributed by atoms with E-state index in [1.807, 2.05) is 47.8 Å². The van der Waals surface area contributed by atoms with Gasteiger partial charge in [0.15, 0.2) is 0 Å². The molecule has 42 heavy (non-hydrogen) atoms. The minimum atomic E-state index is -0.977. The second-order valence-electron chi connectivity index (χ2n) is 11.0. The Morgan fingerprint density at radius 1 is 0.929 bits per heavy atom. The Hall–Kier alpha value is -4.05. The lowest BCUT2D eigenvalue weighted by Gasteiger charge is -2.29. The van der Waals surface area contributed by atoms with E-state index in [0.29, 0.717) is 50.2 Å². The molecule has 0 spiro atoms. The number of nitrogens with zero attached hydrogens (tertiary/aromatic N) is 2. The molecular formula is C32H41N3O6S. The van der Waals surface area contributed by atoms with Crippen molar-refractivity contribution < 1.29 is 29.0 Å². The van der Waals surface area contributed by atoms with Crippen LogP contribution in [0, 0.1) is 0 Å². The number of carbonyl (C=O) groups is 3. The van der Waals surface area contributed by atoms with Crippen molar-refractivity contribution in [1.29, 1.82) is 0 Å². The van der Waals surface area contributed by atoms with Crippen LogP contribution in [0.5, 0.6) is 5.75 Å². The molecular weight excluding hydrogens is 554 g/mol. The zero-order valence-electron chi connectivity index (χ0n) is 24.7. The monoisotopic (exact) mass is 595 g/mol. The van der Waals surface area contributed by atoms with Gasteiger partial charge in [0.1, 0.15) is 11.4 Å². The standard InChI is InChI=1S/C32H41N3O6S/c1-32(2,3)41-30(37)33-26(13-8-9-19-34(31(38)39)21-24-11-6-5-7-12-24)22-35(23-28-14-10-20-42-28)29(36)25-15-17-27(40-4)18-16-25/h5-7,10-12,14-18,20,26H,8-9,13,19,21-23H2,1-4H3,(H,33,37)(H,38,39). The fraction of sp³-hybridized carbons (Fsp3) is 0.406. The third-order valence-corrected chi connectivity index (χ3v) is 7.29. The summed E-state index contributed by atoms with van der Waals surface area (Å²) in [6.45, 7) is 6.70. The highest BCUT2D eigenvalue weighted by atomic mass is 32.1. The van der Waals surface area contributed by atoms with E-state index < -0.39 is 23.8 Å². The molecule has 0 radical (unpaired) electrons. The first-order chi connectivity index (χ1) is 20.0. The zero-order valence-corrected chi connectivity index (χ0v) is 25.6. The van der Waals surface area contributed by atoms with Crippen molar-refractivity contribution in [2.24, 2.45) is 0 Å². The number of ether oxygens (including phenoxy) is 2. The number of hydrogen-bond acceptors (Lipinski definition) is 6. The molecule has 226 valence electrons. The molecule has 0 fully saturated rings. The summed E-state index contributed by atoms with van der Waals surface area (Å²) < 4.78 is 10.8. The van der Waals surface area contributed by atoms with Gasteiger partial charge in [-0.1, -0.05) is 36.4 Å². The van der Waals surface area contributed by atoms with Gasteiger partial charge in [-0.15, -0.1) is 11.3 Å². The van der Waals surface area contributed by atoms with Gasteiger partial charge in [0.2, 0.25) is 0 Å². The lowest BCUT2D eigenvalue weighted by Crippen LogP contribution is -2.47. The first-order valence-electron chi connectivity index (χ1n) is 14.0. The van der Waals surface area contributed by atoms with Crippen LogP contribution in [0.1, 0.15) is 60.8 Å². The minimum absolute atomic E-state index is 0.165. The smallest absolute Gasteiger partial charge is 0.407 e. The van der Waals surface area contributed by atoms with Crippen LogP contribution >= 0.6 is 11.3 Å². The Labute approximate surface area is 252 Å². The van der Waals surface area contributed by atoms with E-state index in [4.69, 9.17) is 9.47 Å². The summed E-state index contributed by atoms with van der Waals surface area (Å²) in [7, 11) is 1.57. The van der Waals surface area contributed by atoms with E-state index in [1.54, 1.807) is 68.4 Å². The number of benzene rings is 2. The maximum atomic E-state index is 13.7. The molecule has 1 aromatic heterocycles. The van der Waals surface area contributed by atoms with Gasteiger partial charge in [0, 0.05) is 36.1 Å². The highest BCUT2D eigenvalue weighted by molar-refractivity contribution is 7.09. The van der Waals surface area contributed by atoms with Crippen molar-refractivity contribution in [1.82, 2.24) is 15.1 Å². The lowest BCUT2D eigenvalue weighted by atomic mass is 10.1. The molecule has 3 amide bonds. The van der Waals surface area contributed by atoms with Crippen LogP contribution in [-0.2, 0) is 17.8 Å². The van der Waals surface area contributed by atoms with Crippen LogP contribution in [0.3, 0.4) is 0 Å². The second kappa shape index (κ2) is 15.8. The van der Waals surface area contributed by atoms with Crippen molar-refractivity contribution in [2.75, 3.05) is 20.2 Å². The van der Waals surface area contributed by atoms with Gasteiger partial charge >= 0.3 is 12.2 Å². The van der Waals surface area contributed by atoms with Crippen molar-refractivity contribution in [2.45, 2.75) is 64.8 Å². The molecule has 0 aliphatic carbocycles. The Kier molecular flexibility index (Phi) is 12.2. The number of thiophene rings is 1. The Morgan fingerprint density at radius 2 is 1.64 bits per heavy atom. The van der Waals surface area contributed by atoms with Crippen molar-refractivity contribution in [3.05, 3.63) is 88.1 Å². The molecule has 3 rings (SSSR count). The molecule has 2 aromatic carbocycles. The fourth-order valence-electron chi connectivity index (χ4n) is 4.41. The summed E-state index contributed by atoms with van der Waals surface area (Å²) in [5, 5.41) is 14.6. The number of unbranched alkanes of at least 4 members (excludes halogenated alkanes) is 1. The van der Waals surface area contributed by atoms with Crippen molar-refractivity contribution in [3.63, 3.8) is 0 Å². The van der Waals surface area contributed by atoms with Crippen LogP contribution in [0.25, 0.3) is 0 Å². The first-order valence-corrected chi connectivity index (χ1v) is 14.9. The highest BCUT2D eigenvalue weighted by Gasteiger charge is 2.25. The predicted octanol–water partition coefficient (Wildman–Crippen LogP) is 6.64. The summed E-state index contributed by atoms with van der Waals surface area (Å²) in [6.07, 6.45) is 0.242. The Morgan fingerprint density at radius 3 is 2.24 bits per heavy atom. The molecule has 1 heterocycles. The van der Waals surface area contributed by atoms with Crippen LogP contribution in [0.2, 0.25) is 0 Å². The van der Waals surface area contributed by atoms with Gasteiger partial charge in [-0.3, -0.25) is 4.79 Å². The van der Waals surface area contributed by atoms with E-state index >= 15 is 0 Å². The SMILES string of the molecule is COc1ccc(C(=O)N(Cc2cccs2)CC(CCCCN(Cc2ccccc2)C(=O)O)NC(=O)OC(C)(C)C)cc1. The molecule has 0 aliphatic heterocycles. The van der Waals surface area contributed by atoms with E-state index in [9.17, 15) is 19.5 Å². The number of rotatable bonds is 14.